The minimum absolute atomic E-state index is 0.252. The van der Waals surface area contributed by atoms with Crippen molar-refractivity contribution in [1.29, 1.82) is 0 Å². The highest BCUT2D eigenvalue weighted by molar-refractivity contribution is 7.92. The molecular weight excluding hydrogens is 310 g/mol. The van der Waals surface area contributed by atoms with E-state index in [1.54, 1.807) is 43.5 Å². The van der Waals surface area contributed by atoms with Gasteiger partial charge in [0.25, 0.3) is 0 Å². The monoisotopic (exact) mass is 325 g/mol. The van der Waals surface area contributed by atoms with Crippen LogP contribution in [0.15, 0.2) is 48.5 Å². The van der Waals surface area contributed by atoms with Crippen molar-refractivity contribution < 1.29 is 13.2 Å². The number of benzene rings is 2. The Balaban J connectivity index is 2.32. The average Bonchev–Trinajstić information content (AvgIpc) is 2.45. The molecule has 0 aliphatic rings. The Labute approximate surface area is 130 Å². The molecule has 0 spiro atoms. The molecule has 0 aromatic heterocycles. The molecule has 0 aliphatic carbocycles. The van der Waals surface area contributed by atoms with Crippen LogP contribution in [-0.2, 0) is 16.6 Å². The first-order chi connectivity index (χ1) is 9.90. The molecule has 112 valence electrons. The van der Waals surface area contributed by atoms with Gasteiger partial charge in [-0.15, -0.1) is 0 Å². The Morgan fingerprint density at radius 1 is 1.05 bits per heavy atom. The molecule has 0 heterocycles. The number of methoxy groups -OCH3 is 1. The summed E-state index contributed by atoms with van der Waals surface area (Å²) in [6, 6.07) is 14.0. The zero-order valence-electron chi connectivity index (χ0n) is 11.8. The largest absolute Gasteiger partial charge is 0.497 e. The van der Waals surface area contributed by atoms with Gasteiger partial charge in [0.05, 0.1) is 25.6 Å². The minimum Gasteiger partial charge on any atom is -0.497 e. The number of nitrogens with zero attached hydrogens (tertiary/aromatic N) is 1. The predicted molar refractivity (Wildman–Crippen MR) is 85.5 cm³/mol. The first kappa shape index (κ1) is 15.7. The van der Waals surface area contributed by atoms with Crippen LogP contribution in [-0.4, -0.2) is 21.8 Å². The quantitative estimate of drug-likeness (QED) is 0.847. The van der Waals surface area contributed by atoms with E-state index in [4.69, 9.17) is 16.3 Å². The number of hydrogen-bond acceptors (Lipinski definition) is 3. The van der Waals surface area contributed by atoms with Gasteiger partial charge in [0, 0.05) is 5.02 Å². The summed E-state index contributed by atoms with van der Waals surface area (Å²) in [5, 5.41) is 0.620. The fourth-order valence-electron chi connectivity index (χ4n) is 1.90. The minimum atomic E-state index is -3.39. The van der Waals surface area contributed by atoms with E-state index in [-0.39, 0.29) is 6.54 Å². The molecule has 0 radical (unpaired) electrons. The number of anilines is 1. The summed E-state index contributed by atoms with van der Waals surface area (Å²) in [6.45, 7) is 0.252. The molecule has 2 rings (SSSR count). The van der Waals surface area contributed by atoms with E-state index >= 15 is 0 Å². The third-order valence-corrected chi connectivity index (χ3v) is 4.39. The topological polar surface area (TPSA) is 46.6 Å². The molecule has 6 heteroatoms. The zero-order valence-corrected chi connectivity index (χ0v) is 13.4. The van der Waals surface area contributed by atoms with Crippen LogP contribution >= 0.6 is 11.6 Å². The summed E-state index contributed by atoms with van der Waals surface area (Å²) in [7, 11) is -1.82. The molecule has 0 unspecified atom stereocenters. The zero-order chi connectivity index (χ0) is 15.5. The normalized spacial score (nSPS) is 11.2. The van der Waals surface area contributed by atoms with E-state index < -0.39 is 10.0 Å². The molecule has 0 N–H and O–H groups in total. The SMILES string of the molecule is COc1ccc(N(Cc2ccc(Cl)cc2)S(C)(=O)=O)cc1. The summed E-state index contributed by atoms with van der Waals surface area (Å²) >= 11 is 5.84. The van der Waals surface area contributed by atoms with Crippen molar-refractivity contribution in [2.24, 2.45) is 0 Å². The molecule has 0 atom stereocenters. The van der Waals surface area contributed by atoms with Crippen molar-refractivity contribution in [2.45, 2.75) is 6.54 Å². The lowest BCUT2D eigenvalue weighted by Gasteiger charge is -2.22. The van der Waals surface area contributed by atoms with Crippen molar-refractivity contribution in [2.75, 3.05) is 17.7 Å². The highest BCUT2D eigenvalue weighted by Crippen LogP contribution is 2.23. The summed E-state index contributed by atoms with van der Waals surface area (Å²) in [5.74, 6) is 0.679. The highest BCUT2D eigenvalue weighted by Gasteiger charge is 2.17. The van der Waals surface area contributed by atoms with Crippen LogP contribution in [0.5, 0.6) is 5.75 Å². The lowest BCUT2D eigenvalue weighted by atomic mass is 10.2. The van der Waals surface area contributed by atoms with Gasteiger partial charge in [0.2, 0.25) is 10.0 Å². The summed E-state index contributed by atoms with van der Waals surface area (Å²) in [4.78, 5) is 0. The van der Waals surface area contributed by atoms with Crippen LogP contribution < -0.4 is 9.04 Å². The Bertz CT molecular complexity index is 697. The lowest BCUT2D eigenvalue weighted by Crippen LogP contribution is -2.29. The molecule has 0 saturated carbocycles. The van der Waals surface area contributed by atoms with E-state index in [2.05, 4.69) is 0 Å². The van der Waals surface area contributed by atoms with Crippen LogP contribution in [0, 0.1) is 0 Å². The molecule has 4 nitrogen and oxygen atoms in total. The molecular formula is C15H16ClNO3S. The van der Waals surface area contributed by atoms with Crippen LogP contribution in [0.2, 0.25) is 5.02 Å². The molecule has 0 saturated heterocycles. The van der Waals surface area contributed by atoms with Gasteiger partial charge in [-0.25, -0.2) is 8.42 Å². The van der Waals surface area contributed by atoms with Crippen molar-refractivity contribution in [3.8, 4) is 5.75 Å². The van der Waals surface area contributed by atoms with Gasteiger partial charge >= 0.3 is 0 Å². The Hall–Kier alpha value is -1.72. The van der Waals surface area contributed by atoms with Gasteiger partial charge in [-0.05, 0) is 42.0 Å². The van der Waals surface area contributed by atoms with Crippen molar-refractivity contribution in [3.63, 3.8) is 0 Å². The fourth-order valence-corrected chi connectivity index (χ4v) is 2.92. The fraction of sp³-hybridized carbons (Fsp3) is 0.200. The van der Waals surface area contributed by atoms with Gasteiger partial charge in [-0.2, -0.15) is 0 Å². The standard InChI is InChI=1S/C15H16ClNO3S/c1-20-15-9-7-14(8-10-15)17(21(2,18)19)11-12-3-5-13(16)6-4-12/h3-10H,11H2,1-2H3. The number of hydrogen-bond donors (Lipinski definition) is 0. The van der Waals surface area contributed by atoms with Gasteiger partial charge in [0.1, 0.15) is 5.75 Å². The summed E-state index contributed by atoms with van der Waals surface area (Å²) in [5.41, 5.74) is 1.45. The molecule has 0 fully saturated rings. The van der Waals surface area contributed by atoms with E-state index in [9.17, 15) is 8.42 Å². The maximum atomic E-state index is 12.0. The Morgan fingerprint density at radius 3 is 2.10 bits per heavy atom. The molecule has 21 heavy (non-hydrogen) atoms. The third-order valence-electron chi connectivity index (χ3n) is 3.00. The third kappa shape index (κ3) is 4.12. The Kier molecular flexibility index (Phi) is 4.75. The van der Waals surface area contributed by atoms with Crippen molar-refractivity contribution in [1.82, 2.24) is 0 Å². The van der Waals surface area contributed by atoms with Gasteiger partial charge < -0.3 is 4.74 Å². The van der Waals surface area contributed by atoms with Crippen molar-refractivity contribution in [3.05, 3.63) is 59.1 Å². The second-order valence-corrected chi connectivity index (χ2v) is 6.94. The van der Waals surface area contributed by atoms with Gasteiger partial charge in [-0.1, -0.05) is 23.7 Å². The van der Waals surface area contributed by atoms with Crippen LogP contribution in [0.4, 0.5) is 5.69 Å². The summed E-state index contributed by atoms with van der Waals surface area (Å²) in [6.07, 6.45) is 1.19. The maximum Gasteiger partial charge on any atom is 0.232 e. The molecule has 0 amide bonds. The summed E-state index contributed by atoms with van der Waals surface area (Å²) < 4.78 is 30.5. The van der Waals surface area contributed by atoms with Gasteiger partial charge in [0.15, 0.2) is 0 Å². The van der Waals surface area contributed by atoms with Gasteiger partial charge in [-0.3, -0.25) is 4.31 Å². The van der Waals surface area contributed by atoms with E-state index in [0.29, 0.717) is 16.5 Å². The smallest absolute Gasteiger partial charge is 0.232 e. The molecule has 0 aliphatic heterocycles. The van der Waals surface area contributed by atoms with Crippen LogP contribution in [0.25, 0.3) is 0 Å². The van der Waals surface area contributed by atoms with E-state index in [1.807, 2.05) is 12.1 Å². The number of halogens is 1. The van der Waals surface area contributed by atoms with Crippen LogP contribution in [0.3, 0.4) is 0 Å². The second kappa shape index (κ2) is 6.37. The average molecular weight is 326 g/mol. The number of sulfonamides is 1. The predicted octanol–water partition coefficient (Wildman–Crippen LogP) is 3.31. The number of ether oxygens (including phenoxy) is 1. The van der Waals surface area contributed by atoms with Crippen LogP contribution in [0.1, 0.15) is 5.56 Å². The highest BCUT2D eigenvalue weighted by atomic mass is 35.5. The van der Waals surface area contributed by atoms with E-state index in [1.165, 1.54) is 10.6 Å². The number of rotatable bonds is 5. The first-order valence-electron chi connectivity index (χ1n) is 6.26. The Morgan fingerprint density at radius 2 is 1.62 bits per heavy atom. The van der Waals surface area contributed by atoms with E-state index in [0.717, 1.165) is 5.56 Å². The lowest BCUT2D eigenvalue weighted by molar-refractivity contribution is 0.415. The maximum absolute atomic E-state index is 12.0. The van der Waals surface area contributed by atoms with Crippen molar-refractivity contribution >= 4 is 27.3 Å². The molecule has 0 bridgehead atoms. The second-order valence-electron chi connectivity index (χ2n) is 4.59. The first-order valence-corrected chi connectivity index (χ1v) is 8.49. The molecule has 2 aromatic carbocycles. The molecule has 2 aromatic rings.